The zero-order chi connectivity index (χ0) is 10.3. The van der Waals surface area contributed by atoms with E-state index in [9.17, 15) is 0 Å². The van der Waals surface area contributed by atoms with Crippen molar-refractivity contribution < 1.29 is 0 Å². The third kappa shape index (κ3) is 1.13. The number of hydrogen-bond donors (Lipinski definition) is 0. The second-order valence-corrected chi connectivity index (χ2v) is 3.57. The average Bonchev–Trinajstić information content (AvgIpc) is 2.76. The molecule has 0 saturated carbocycles. The van der Waals surface area contributed by atoms with Gasteiger partial charge in [-0.15, -0.1) is 0 Å². The maximum absolute atomic E-state index is 4.08. The molecule has 0 fully saturated rings. The number of nitrogens with zero attached hydrogens (tertiary/aromatic N) is 3. The Bertz CT molecular complexity index is 625. The van der Waals surface area contributed by atoms with Gasteiger partial charge in [0.2, 0.25) is 0 Å². The van der Waals surface area contributed by atoms with Crippen LogP contribution in [0, 0.1) is 0 Å². The monoisotopic (exact) mass is 197 g/mol. The molecule has 0 unspecified atom stereocenters. The van der Waals surface area contributed by atoms with E-state index < -0.39 is 0 Å². The summed E-state index contributed by atoms with van der Waals surface area (Å²) in [5.41, 5.74) is 2.19. The molecular weight excluding hydrogens is 186 g/mol. The number of fused-ring (bicyclic) bond motifs is 3. The van der Waals surface area contributed by atoms with Gasteiger partial charge in [0.05, 0.1) is 17.2 Å². The van der Waals surface area contributed by atoms with E-state index in [0.717, 1.165) is 17.4 Å². The number of pyridine rings is 1. The zero-order valence-electron chi connectivity index (χ0n) is 8.51. The second kappa shape index (κ2) is 3.05. The fraction of sp³-hybridized carbons (Fsp3) is 0.167. The summed E-state index contributed by atoms with van der Waals surface area (Å²) in [5.74, 6) is 0. The van der Waals surface area contributed by atoms with Gasteiger partial charge in [-0.25, -0.2) is 0 Å². The van der Waals surface area contributed by atoms with E-state index in [0.29, 0.717) is 0 Å². The number of benzene rings is 1. The van der Waals surface area contributed by atoms with E-state index in [2.05, 4.69) is 46.1 Å². The lowest BCUT2D eigenvalue weighted by molar-refractivity contribution is 0.791. The Labute approximate surface area is 87.4 Å². The topological polar surface area (TPSA) is 30.7 Å². The van der Waals surface area contributed by atoms with Crippen molar-refractivity contribution in [2.45, 2.75) is 13.5 Å². The first-order chi connectivity index (χ1) is 7.40. The Morgan fingerprint density at radius 2 is 2.20 bits per heavy atom. The van der Waals surface area contributed by atoms with Crippen LogP contribution in [0.15, 0.2) is 36.7 Å². The summed E-state index contributed by atoms with van der Waals surface area (Å²) in [5, 5.41) is 10.4. The molecule has 74 valence electrons. The van der Waals surface area contributed by atoms with Crippen LogP contribution in [0.25, 0.3) is 21.8 Å². The smallest absolute Gasteiger partial charge is 0.0966 e. The molecule has 1 aromatic carbocycles. The van der Waals surface area contributed by atoms with Crippen LogP contribution in [-0.2, 0) is 6.54 Å². The van der Waals surface area contributed by atoms with Gasteiger partial charge in [0.15, 0.2) is 0 Å². The Hall–Kier alpha value is -1.90. The minimum Gasteiger partial charge on any atom is -0.347 e. The minimum atomic E-state index is 0.960. The molecule has 0 bridgehead atoms. The largest absolute Gasteiger partial charge is 0.347 e. The highest BCUT2D eigenvalue weighted by molar-refractivity contribution is 6.03. The third-order valence-corrected chi connectivity index (χ3v) is 2.75. The van der Waals surface area contributed by atoms with Gasteiger partial charge >= 0.3 is 0 Å². The van der Waals surface area contributed by atoms with E-state index in [1.165, 1.54) is 10.9 Å². The van der Waals surface area contributed by atoms with E-state index in [1.54, 1.807) is 0 Å². The van der Waals surface area contributed by atoms with Crippen LogP contribution in [0.5, 0.6) is 0 Å². The van der Waals surface area contributed by atoms with Crippen LogP contribution in [0.2, 0.25) is 0 Å². The Kier molecular flexibility index (Phi) is 1.71. The fourth-order valence-corrected chi connectivity index (χ4v) is 2.02. The van der Waals surface area contributed by atoms with Gasteiger partial charge in [0, 0.05) is 18.1 Å². The van der Waals surface area contributed by atoms with Gasteiger partial charge in [0.25, 0.3) is 0 Å². The number of aromatic nitrogens is 3. The molecule has 0 radical (unpaired) electrons. The first-order valence-electron chi connectivity index (χ1n) is 5.09. The molecule has 15 heavy (non-hydrogen) atoms. The fourth-order valence-electron chi connectivity index (χ4n) is 2.02. The summed E-state index contributed by atoms with van der Waals surface area (Å²) in [6.45, 7) is 3.10. The number of aryl methyl sites for hydroxylation is 1. The van der Waals surface area contributed by atoms with Crippen molar-refractivity contribution in [2.24, 2.45) is 0 Å². The molecule has 0 aliphatic heterocycles. The van der Waals surface area contributed by atoms with Gasteiger partial charge in [-0.1, -0.05) is 12.1 Å². The zero-order valence-corrected chi connectivity index (χ0v) is 8.51. The van der Waals surface area contributed by atoms with Crippen LogP contribution in [-0.4, -0.2) is 14.8 Å². The quantitative estimate of drug-likeness (QED) is 0.600. The van der Waals surface area contributed by atoms with Gasteiger partial charge < -0.3 is 4.57 Å². The molecule has 3 aromatic rings. The highest BCUT2D eigenvalue weighted by atomic mass is 15.1. The second-order valence-electron chi connectivity index (χ2n) is 3.57. The van der Waals surface area contributed by atoms with Crippen LogP contribution in [0.4, 0.5) is 0 Å². The van der Waals surface area contributed by atoms with E-state index in [4.69, 9.17) is 0 Å². The predicted molar refractivity (Wildman–Crippen MR) is 60.7 cm³/mol. The first-order valence-corrected chi connectivity index (χ1v) is 5.09. The molecule has 0 aliphatic rings. The first kappa shape index (κ1) is 8.41. The summed E-state index contributed by atoms with van der Waals surface area (Å²) >= 11 is 0. The van der Waals surface area contributed by atoms with Crippen molar-refractivity contribution in [2.75, 3.05) is 0 Å². The molecule has 2 aromatic heterocycles. The normalized spacial score (nSPS) is 11.3. The molecule has 0 N–H and O–H groups in total. The molecule has 0 aliphatic carbocycles. The molecular formula is C12H11N3. The molecule has 0 atom stereocenters. The van der Waals surface area contributed by atoms with Crippen molar-refractivity contribution in [1.29, 1.82) is 0 Å². The maximum Gasteiger partial charge on any atom is 0.0966 e. The Morgan fingerprint density at radius 1 is 1.27 bits per heavy atom. The summed E-state index contributed by atoms with van der Waals surface area (Å²) < 4.78 is 2.22. The predicted octanol–water partition coefficient (Wildman–Crippen LogP) is 2.60. The molecule has 0 amide bonds. The lowest BCUT2D eigenvalue weighted by atomic mass is 10.1. The standard InChI is InChI=1S/C12H11N3/c1-2-15-7-3-4-9-5-6-11-10(12(9)15)8-13-14-11/h3-8H,2H2,1H3. The number of hydrogen-bond acceptors (Lipinski definition) is 2. The van der Waals surface area contributed by atoms with Crippen molar-refractivity contribution in [1.82, 2.24) is 14.8 Å². The minimum absolute atomic E-state index is 0.960. The van der Waals surface area contributed by atoms with E-state index >= 15 is 0 Å². The van der Waals surface area contributed by atoms with Crippen LogP contribution in [0.3, 0.4) is 0 Å². The number of rotatable bonds is 1. The third-order valence-electron chi connectivity index (χ3n) is 2.75. The van der Waals surface area contributed by atoms with Gasteiger partial charge in [0.1, 0.15) is 0 Å². The van der Waals surface area contributed by atoms with Crippen molar-refractivity contribution in [3.63, 3.8) is 0 Å². The maximum atomic E-state index is 4.08. The highest BCUT2D eigenvalue weighted by Crippen LogP contribution is 2.23. The molecule has 3 nitrogen and oxygen atoms in total. The molecule has 2 heterocycles. The van der Waals surface area contributed by atoms with Gasteiger partial charge in [-0.2, -0.15) is 10.2 Å². The summed E-state index contributed by atoms with van der Waals surface area (Å²) in [7, 11) is 0. The van der Waals surface area contributed by atoms with Crippen LogP contribution >= 0.6 is 0 Å². The molecule has 0 saturated heterocycles. The molecule has 3 heteroatoms. The SMILES string of the molecule is CCn1cccc2ccc3nncc3c21. The Morgan fingerprint density at radius 3 is 3.07 bits per heavy atom. The molecule has 0 spiro atoms. The average molecular weight is 197 g/mol. The molecule has 3 rings (SSSR count). The van der Waals surface area contributed by atoms with Crippen LogP contribution in [0.1, 0.15) is 6.92 Å². The van der Waals surface area contributed by atoms with Crippen molar-refractivity contribution in [3.8, 4) is 0 Å². The van der Waals surface area contributed by atoms with Crippen LogP contribution < -0.4 is 0 Å². The lowest BCUT2D eigenvalue weighted by Crippen LogP contribution is -1.96. The van der Waals surface area contributed by atoms with Gasteiger partial charge in [-0.3, -0.25) is 0 Å². The lowest BCUT2D eigenvalue weighted by Gasteiger charge is -2.08. The summed E-state index contributed by atoms with van der Waals surface area (Å²) in [6.07, 6.45) is 3.93. The van der Waals surface area contributed by atoms with E-state index in [-0.39, 0.29) is 0 Å². The van der Waals surface area contributed by atoms with E-state index in [1.807, 2.05) is 12.3 Å². The summed E-state index contributed by atoms with van der Waals surface area (Å²) in [6, 6.07) is 8.30. The summed E-state index contributed by atoms with van der Waals surface area (Å²) in [4.78, 5) is 0. The Balaban J connectivity index is 2.58. The highest BCUT2D eigenvalue weighted by Gasteiger charge is 2.04. The van der Waals surface area contributed by atoms with Crippen molar-refractivity contribution >= 4 is 21.8 Å². The van der Waals surface area contributed by atoms with Crippen molar-refractivity contribution in [3.05, 3.63) is 36.7 Å². The van der Waals surface area contributed by atoms with Gasteiger partial charge in [-0.05, 0) is 24.4 Å².